The van der Waals surface area contributed by atoms with Crippen molar-refractivity contribution in [1.82, 2.24) is 9.97 Å². The molecule has 8 heteroatoms. The SMILES string of the molecule is CCOC(=O)c1sc2nc(C)nc(NC[C@@H](C(=O)OC)c3ccccc3)c2c1C. The second-order valence-corrected chi connectivity index (χ2v) is 7.44. The fourth-order valence-corrected chi connectivity index (χ4v) is 4.25. The van der Waals surface area contributed by atoms with E-state index >= 15 is 0 Å². The number of fused-ring (bicyclic) bond motifs is 1. The molecule has 3 rings (SSSR count). The zero-order chi connectivity index (χ0) is 21.0. The quantitative estimate of drug-likeness (QED) is 0.588. The van der Waals surface area contributed by atoms with E-state index in [9.17, 15) is 9.59 Å². The van der Waals surface area contributed by atoms with E-state index in [-0.39, 0.29) is 11.9 Å². The van der Waals surface area contributed by atoms with Gasteiger partial charge < -0.3 is 14.8 Å². The third kappa shape index (κ3) is 4.37. The van der Waals surface area contributed by atoms with E-state index in [2.05, 4.69) is 15.3 Å². The number of carbonyl (C=O) groups excluding carboxylic acids is 2. The summed E-state index contributed by atoms with van der Waals surface area (Å²) in [6.07, 6.45) is 0. The molecule has 0 saturated carbocycles. The van der Waals surface area contributed by atoms with Crippen molar-refractivity contribution in [2.75, 3.05) is 25.6 Å². The Bertz CT molecular complexity index is 1030. The van der Waals surface area contributed by atoms with Gasteiger partial charge in [0.2, 0.25) is 0 Å². The average molecular weight is 413 g/mol. The van der Waals surface area contributed by atoms with Gasteiger partial charge in [-0.15, -0.1) is 11.3 Å². The zero-order valence-electron chi connectivity index (χ0n) is 16.8. The highest BCUT2D eigenvalue weighted by Gasteiger charge is 2.24. The number of rotatable bonds is 7. The molecule has 1 N–H and O–H groups in total. The topological polar surface area (TPSA) is 90.4 Å². The van der Waals surface area contributed by atoms with Gasteiger partial charge >= 0.3 is 11.9 Å². The van der Waals surface area contributed by atoms with Gasteiger partial charge in [-0.1, -0.05) is 30.3 Å². The summed E-state index contributed by atoms with van der Waals surface area (Å²) in [6, 6.07) is 9.44. The maximum atomic E-state index is 12.3. The number of esters is 2. The molecule has 0 amide bonds. The number of ether oxygens (including phenoxy) is 2. The lowest BCUT2D eigenvalue weighted by Gasteiger charge is -2.17. The molecule has 0 aliphatic carbocycles. The highest BCUT2D eigenvalue weighted by Crippen LogP contribution is 2.34. The van der Waals surface area contributed by atoms with E-state index in [4.69, 9.17) is 9.47 Å². The Labute approximate surface area is 173 Å². The summed E-state index contributed by atoms with van der Waals surface area (Å²) < 4.78 is 10.1. The van der Waals surface area contributed by atoms with Crippen molar-refractivity contribution in [3.8, 4) is 0 Å². The van der Waals surface area contributed by atoms with E-state index in [1.807, 2.05) is 37.3 Å². The van der Waals surface area contributed by atoms with Crippen LogP contribution >= 0.6 is 11.3 Å². The van der Waals surface area contributed by atoms with Crippen molar-refractivity contribution in [3.05, 3.63) is 52.2 Å². The van der Waals surface area contributed by atoms with Crippen LogP contribution in [0.15, 0.2) is 30.3 Å². The standard InChI is InChI=1S/C21H23N3O4S/c1-5-28-21(26)17-12(2)16-18(23-13(3)24-19(16)29-17)22-11-15(20(25)27-4)14-9-7-6-8-10-14/h6-10,15H,5,11H2,1-4H3,(H,22,23,24)/t15-/m1/s1. The van der Waals surface area contributed by atoms with Gasteiger partial charge in [-0.25, -0.2) is 14.8 Å². The average Bonchev–Trinajstić information content (AvgIpc) is 3.05. The Morgan fingerprint density at radius 1 is 1.17 bits per heavy atom. The molecule has 1 atom stereocenters. The van der Waals surface area contributed by atoms with Crippen LogP contribution in [0.4, 0.5) is 5.82 Å². The van der Waals surface area contributed by atoms with E-state index in [0.717, 1.165) is 16.5 Å². The van der Waals surface area contributed by atoms with Crippen LogP contribution in [0.25, 0.3) is 10.2 Å². The molecule has 0 saturated heterocycles. The fourth-order valence-electron chi connectivity index (χ4n) is 3.13. The van der Waals surface area contributed by atoms with Crippen LogP contribution < -0.4 is 5.32 Å². The monoisotopic (exact) mass is 413 g/mol. The molecule has 0 fully saturated rings. The van der Waals surface area contributed by atoms with Gasteiger partial charge in [0.1, 0.15) is 21.3 Å². The third-order valence-corrected chi connectivity index (χ3v) is 5.69. The maximum absolute atomic E-state index is 12.3. The lowest BCUT2D eigenvalue weighted by atomic mass is 9.99. The van der Waals surface area contributed by atoms with Gasteiger partial charge in [-0.2, -0.15) is 0 Å². The number of aryl methyl sites for hydroxylation is 2. The van der Waals surface area contributed by atoms with Crippen LogP contribution in [-0.2, 0) is 14.3 Å². The summed E-state index contributed by atoms with van der Waals surface area (Å²) in [4.78, 5) is 34.8. The van der Waals surface area contributed by atoms with Crippen LogP contribution in [0.2, 0.25) is 0 Å². The van der Waals surface area contributed by atoms with Crippen molar-refractivity contribution < 1.29 is 19.1 Å². The fraction of sp³-hybridized carbons (Fsp3) is 0.333. The van der Waals surface area contributed by atoms with Crippen molar-refractivity contribution in [1.29, 1.82) is 0 Å². The van der Waals surface area contributed by atoms with Gasteiger partial charge in [-0.3, -0.25) is 4.79 Å². The smallest absolute Gasteiger partial charge is 0.348 e. The minimum absolute atomic E-state index is 0.298. The molecule has 0 aliphatic heterocycles. The van der Waals surface area contributed by atoms with Crippen LogP contribution in [0, 0.1) is 13.8 Å². The van der Waals surface area contributed by atoms with Gasteiger partial charge in [0, 0.05) is 6.54 Å². The summed E-state index contributed by atoms with van der Waals surface area (Å²) in [5.74, 6) is -0.0316. The van der Waals surface area contributed by atoms with Crippen molar-refractivity contribution in [2.45, 2.75) is 26.7 Å². The molecule has 0 radical (unpaired) electrons. The number of benzene rings is 1. The molecule has 7 nitrogen and oxygen atoms in total. The summed E-state index contributed by atoms with van der Waals surface area (Å²) in [6.45, 7) is 6.02. The number of methoxy groups -OCH3 is 1. The number of nitrogens with zero attached hydrogens (tertiary/aromatic N) is 2. The Balaban J connectivity index is 1.96. The van der Waals surface area contributed by atoms with Gasteiger partial charge in [0.05, 0.1) is 25.0 Å². The number of hydrogen-bond donors (Lipinski definition) is 1. The number of carbonyl (C=O) groups is 2. The second-order valence-electron chi connectivity index (χ2n) is 6.44. The lowest BCUT2D eigenvalue weighted by Crippen LogP contribution is -2.23. The maximum Gasteiger partial charge on any atom is 0.348 e. The highest BCUT2D eigenvalue weighted by molar-refractivity contribution is 7.20. The first-order chi connectivity index (χ1) is 14.0. The van der Waals surface area contributed by atoms with Crippen LogP contribution in [0.3, 0.4) is 0 Å². The third-order valence-electron chi connectivity index (χ3n) is 4.52. The number of anilines is 1. The molecule has 152 valence electrons. The molecular formula is C21H23N3O4S. The Hall–Kier alpha value is -3.00. The molecule has 29 heavy (non-hydrogen) atoms. The highest BCUT2D eigenvalue weighted by atomic mass is 32.1. The van der Waals surface area contributed by atoms with Crippen molar-refractivity contribution in [3.63, 3.8) is 0 Å². The first-order valence-electron chi connectivity index (χ1n) is 9.27. The summed E-state index contributed by atoms with van der Waals surface area (Å²) in [5, 5.41) is 4.03. The number of hydrogen-bond acceptors (Lipinski definition) is 8. The van der Waals surface area contributed by atoms with Gasteiger partial charge in [0.15, 0.2) is 0 Å². The first kappa shape index (κ1) is 20.7. The second kappa shape index (κ2) is 9.00. The molecular weight excluding hydrogens is 390 g/mol. The summed E-state index contributed by atoms with van der Waals surface area (Å²) in [7, 11) is 1.37. The van der Waals surface area contributed by atoms with Crippen molar-refractivity contribution >= 4 is 39.3 Å². The van der Waals surface area contributed by atoms with Crippen LogP contribution in [0.5, 0.6) is 0 Å². The number of aromatic nitrogens is 2. The molecule has 2 aromatic heterocycles. The van der Waals surface area contributed by atoms with E-state index in [1.54, 1.807) is 13.8 Å². The molecule has 0 unspecified atom stereocenters. The number of thiophene rings is 1. The van der Waals surface area contributed by atoms with E-state index in [0.29, 0.717) is 34.5 Å². The minimum atomic E-state index is -0.491. The van der Waals surface area contributed by atoms with E-state index < -0.39 is 5.92 Å². The predicted molar refractivity (Wildman–Crippen MR) is 113 cm³/mol. The molecule has 0 aliphatic rings. The minimum Gasteiger partial charge on any atom is -0.468 e. The normalized spacial score (nSPS) is 11.9. The Morgan fingerprint density at radius 2 is 1.90 bits per heavy atom. The van der Waals surface area contributed by atoms with Crippen LogP contribution in [0.1, 0.15) is 39.5 Å². The van der Waals surface area contributed by atoms with Crippen molar-refractivity contribution in [2.24, 2.45) is 0 Å². The molecule has 0 bridgehead atoms. The van der Waals surface area contributed by atoms with Crippen LogP contribution in [-0.4, -0.2) is 42.2 Å². The molecule has 3 aromatic rings. The summed E-state index contributed by atoms with van der Waals surface area (Å²) in [5.41, 5.74) is 1.61. The first-order valence-corrected chi connectivity index (χ1v) is 10.1. The lowest BCUT2D eigenvalue weighted by molar-refractivity contribution is -0.142. The zero-order valence-corrected chi connectivity index (χ0v) is 17.6. The van der Waals surface area contributed by atoms with Gasteiger partial charge in [-0.05, 0) is 31.9 Å². The Kier molecular flexibility index (Phi) is 6.43. The Morgan fingerprint density at radius 3 is 2.55 bits per heavy atom. The van der Waals surface area contributed by atoms with E-state index in [1.165, 1.54) is 18.4 Å². The number of nitrogens with one attached hydrogen (secondary N) is 1. The largest absolute Gasteiger partial charge is 0.468 e. The van der Waals surface area contributed by atoms with Gasteiger partial charge in [0.25, 0.3) is 0 Å². The molecule has 0 spiro atoms. The predicted octanol–water partition coefficient (Wildman–Crippen LogP) is 3.85. The molecule has 2 heterocycles. The molecule has 1 aromatic carbocycles. The summed E-state index contributed by atoms with van der Waals surface area (Å²) >= 11 is 1.28.